The van der Waals surface area contributed by atoms with Crippen LogP contribution in [-0.4, -0.2) is 40.9 Å². The van der Waals surface area contributed by atoms with Crippen molar-refractivity contribution >= 4 is 33.6 Å². The summed E-state index contributed by atoms with van der Waals surface area (Å²) in [5, 5.41) is 4.70. The van der Waals surface area contributed by atoms with E-state index in [4.69, 9.17) is 16.6 Å². The zero-order chi connectivity index (χ0) is 15.6. The highest BCUT2D eigenvalue weighted by molar-refractivity contribution is 7.84. The number of rotatable bonds is 7. The van der Waals surface area contributed by atoms with Gasteiger partial charge >= 0.3 is 0 Å². The Bertz CT molecular complexity index is 649. The van der Waals surface area contributed by atoms with E-state index in [0.717, 1.165) is 48.5 Å². The van der Waals surface area contributed by atoms with E-state index < -0.39 is 10.8 Å². The molecule has 21 heavy (non-hydrogen) atoms. The summed E-state index contributed by atoms with van der Waals surface area (Å²) in [4.78, 5) is 4.74. The zero-order valence-electron chi connectivity index (χ0n) is 13.1. The van der Waals surface area contributed by atoms with Crippen molar-refractivity contribution in [2.75, 3.05) is 12.1 Å². The molecule has 0 N–H and O–H groups in total. The predicted molar refractivity (Wildman–Crippen MR) is 88.4 cm³/mol. The smallest absolute Gasteiger partial charge is 0.158 e. The van der Waals surface area contributed by atoms with Crippen molar-refractivity contribution in [3.05, 3.63) is 11.5 Å². The minimum atomic E-state index is -0.800. The molecule has 0 aliphatic carbocycles. The van der Waals surface area contributed by atoms with Crippen LogP contribution in [0.4, 0.5) is 0 Å². The number of halogens is 1. The maximum Gasteiger partial charge on any atom is 0.158 e. The van der Waals surface area contributed by atoms with Crippen molar-refractivity contribution in [3.8, 4) is 0 Å². The van der Waals surface area contributed by atoms with Gasteiger partial charge in [0.2, 0.25) is 0 Å². The van der Waals surface area contributed by atoms with Gasteiger partial charge in [-0.15, -0.1) is 11.6 Å². The zero-order valence-corrected chi connectivity index (χ0v) is 14.7. The third-order valence-corrected chi connectivity index (χ3v) is 5.41. The summed E-state index contributed by atoms with van der Waals surface area (Å²) in [7, 11) is 1.15. The van der Waals surface area contributed by atoms with Crippen LogP contribution in [0.1, 0.15) is 31.8 Å². The van der Waals surface area contributed by atoms with Crippen LogP contribution in [0.5, 0.6) is 0 Å². The highest BCUT2D eigenvalue weighted by atomic mass is 35.5. The van der Waals surface area contributed by atoms with Crippen molar-refractivity contribution in [2.24, 2.45) is 7.05 Å². The van der Waals surface area contributed by atoms with Gasteiger partial charge < -0.3 is 4.57 Å². The lowest BCUT2D eigenvalue weighted by Gasteiger charge is -2.12. The fourth-order valence-corrected chi connectivity index (χ4v) is 3.12. The van der Waals surface area contributed by atoms with Crippen LogP contribution in [-0.2, 0) is 37.2 Å². The highest BCUT2D eigenvalue weighted by Gasteiger charge is 2.19. The molecule has 0 bridgehead atoms. The van der Waals surface area contributed by atoms with Crippen LogP contribution in [0.15, 0.2) is 0 Å². The Kier molecular flexibility index (Phi) is 5.43. The summed E-state index contributed by atoms with van der Waals surface area (Å²) >= 11 is 5.90. The minimum Gasteiger partial charge on any atom is -0.313 e. The molecule has 2 heterocycles. The molecule has 0 aromatic carbocycles. The molecule has 0 radical (unpaired) electrons. The summed E-state index contributed by atoms with van der Waals surface area (Å²) in [5.41, 5.74) is 3.04. The second-order valence-electron chi connectivity index (χ2n) is 5.31. The number of fused-ring (bicyclic) bond motifs is 1. The highest BCUT2D eigenvalue weighted by Crippen LogP contribution is 2.21. The molecule has 0 fully saturated rings. The van der Waals surface area contributed by atoms with Gasteiger partial charge in [-0.05, 0) is 12.8 Å². The summed E-state index contributed by atoms with van der Waals surface area (Å²) < 4.78 is 15.6. The first-order chi connectivity index (χ1) is 9.99. The Balaban J connectivity index is 2.40. The molecule has 2 aromatic rings. The molecule has 118 valence electrons. The number of imidazole rings is 1. The van der Waals surface area contributed by atoms with Crippen LogP contribution < -0.4 is 0 Å². The van der Waals surface area contributed by atoms with Gasteiger partial charge in [-0.1, -0.05) is 13.8 Å². The van der Waals surface area contributed by atoms with Crippen LogP contribution in [0.25, 0.3) is 11.2 Å². The van der Waals surface area contributed by atoms with E-state index in [1.165, 1.54) is 0 Å². The lowest BCUT2D eigenvalue weighted by atomic mass is 10.3. The van der Waals surface area contributed by atoms with E-state index in [1.807, 2.05) is 18.7 Å². The molecule has 2 rings (SSSR count). The Morgan fingerprint density at radius 3 is 2.71 bits per heavy atom. The van der Waals surface area contributed by atoms with Crippen LogP contribution in [0.3, 0.4) is 0 Å². The van der Waals surface area contributed by atoms with E-state index >= 15 is 0 Å². The SMILES string of the molecule is CCc1nn(C)c2c1nc(CCCl)n2CCC(C)S(C)=O. The topological polar surface area (TPSA) is 52.7 Å². The summed E-state index contributed by atoms with van der Waals surface area (Å²) in [6.07, 6.45) is 4.22. The molecular formula is C14H23ClN4OS. The quantitative estimate of drug-likeness (QED) is 0.732. The maximum absolute atomic E-state index is 11.5. The van der Waals surface area contributed by atoms with Gasteiger partial charge in [0.15, 0.2) is 5.65 Å². The monoisotopic (exact) mass is 330 g/mol. The normalized spacial score (nSPS) is 14.7. The molecule has 5 nitrogen and oxygen atoms in total. The Labute approximate surface area is 133 Å². The Morgan fingerprint density at radius 2 is 2.14 bits per heavy atom. The number of aromatic nitrogens is 4. The summed E-state index contributed by atoms with van der Waals surface area (Å²) in [5.74, 6) is 1.55. The van der Waals surface area contributed by atoms with Crippen molar-refractivity contribution in [2.45, 2.75) is 44.9 Å². The van der Waals surface area contributed by atoms with Gasteiger partial charge in [0.25, 0.3) is 0 Å². The number of aryl methyl sites for hydroxylation is 4. The third-order valence-electron chi connectivity index (χ3n) is 3.85. The lowest BCUT2D eigenvalue weighted by Crippen LogP contribution is -2.15. The van der Waals surface area contributed by atoms with Gasteiger partial charge in [0, 0.05) is 48.2 Å². The molecular weight excluding hydrogens is 308 g/mol. The first-order valence-corrected chi connectivity index (χ1v) is 9.44. The van der Waals surface area contributed by atoms with Gasteiger partial charge in [0.1, 0.15) is 11.3 Å². The van der Waals surface area contributed by atoms with E-state index in [-0.39, 0.29) is 5.25 Å². The van der Waals surface area contributed by atoms with Crippen LogP contribution in [0.2, 0.25) is 0 Å². The largest absolute Gasteiger partial charge is 0.313 e. The van der Waals surface area contributed by atoms with Crippen LogP contribution >= 0.6 is 11.6 Å². The standard InChI is InChI=1S/C14H23ClN4OS/c1-5-11-13-14(18(3)17-11)19(12(16-13)6-8-15)9-7-10(2)21(4)20/h10H,5-9H2,1-4H3. The van der Waals surface area contributed by atoms with Gasteiger partial charge in [-0.25, -0.2) is 4.98 Å². The molecule has 2 unspecified atom stereocenters. The van der Waals surface area contributed by atoms with Gasteiger partial charge in [0.05, 0.1) is 5.69 Å². The Morgan fingerprint density at radius 1 is 1.43 bits per heavy atom. The molecule has 0 saturated heterocycles. The molecule has 0 saturated carbocycles. The van der Waals surface area contributed by atoms with E-state index in [2.05, 4.69) is 16.6 Å². The van der Waals surface area contributed by atoms with Crippen molar-refractivity contribution in [3.63, 3.8) is 0 Å². The fraction of sp³-hybridized carbons (Fsp3) is 0.714. The molecule has 7 heteroatoms. The summed E-state index contributed by atoms with van der Waals surface area (Å²) in [6, 6.07) is 0. The number of alkyl halides is 1. The molecule has 0 amide bonds. The first kappa shape index (κ1) is 16.5. The number of hydrogen-bond donors (Lipinski definition) is 0. The molecule has 0 aliphatic rings. The average Bonchev–Trinajstić information content (AvgIpc) is 2.94. The van der Waals surface area contributed by atoms with Crippen molar-refractivity contribution < 1.29 is 4.21 Å². The van der Waals surface area contributed by atoms with Crippen molar-refractivity contribution in [1.29, 1.82) is 0 Å². The number of hydrogen-bond acceptors (Lipinski definition) is 3. The molecule has 2 atom stereocenters. The van der Waals surface area contributed by atoms with Crippen molar-refractivity contribution in [1.82, 2.24) is 19.3 Å². The Hall–Kier alpha value is -0.880. The maximum atomic E-state index is 11.5. The van der Waals surface area contributed by atoms with Gasteiger partial charge in [-0.2, -0.15) is 5.10 Å². The van der Waals surface area contributed by atoms with Gasteiger partial charge in [-0.3, -0.25) is 8.89 Å². The molecule has 0 aliphatic heterocycles. The minimum absolute atomic E-state index is 0.171. The summed E-state index contributed by atoms with van der Waals surface area (Å²) in [6.45, 7) is 4.91. The second-order valence-corrected chi connectivity index (χ2v) is 7.49. The van der Waals surface area contributed by atoms with Crippen LogP contribution in [0, 0.1) is 0 Å². The lowest BCUT2D eigenvalue weighted by molar-refractivity contribution is 0.595. The molecule has 2 aromatic heterocycles. The first-order valence-electron chi connectivity index (χ1n) is 7.28. The predicted octanol–water partition coefficient (Wildman–Crippen LogP) is 2.27. The number of nitrogens with zero attached hydrogens (tertiary/aromatic N) is 4. The van der Waals surface area contributed by atoms with E-state index in [9.17, 15) is 4.21 Å². The third kappa shape index (κ3) is 3.31. The average molecular weight is 331 g/mol. The second kappa shape index (κ2) is 6.92. The van der Waals surface area contributed by atoms with E-state index in [0.29, 0.717) is 5.88 Å². The van der Waals surface area contributed by atoms with E-state index in [1.54, 1.807) is 6.26 Å². The fourth-order valence-electron chi connectivity index (χ4n) is 2.51. The molecule has 0 spiro atoms.